The molecule has 0 aromatic carbocycles. The average molecular weight is 312 g/mol. The topological polar surface area (TPSA) is 9.23 Å². The van der Waals surface area contributed by atoms with Gasteiger partial charge in [-0.2, -0.15) is 17.8 Å². The standard InChI is InChI=1S/C16H33F3NO/c1-15(2,3)20(4,5)21-14-12-10-8-6-7-9-11-13-16(17,18)19/h6-14H2,1-5H3/q+1. The molecule has 0 rings (SSSR count). The van der Waals surface area contributed by atoms with Crippen LogP contribution in [0.5, 0.6) is 0 Å². The molecule has 0 fully saturated rings. The van der Waals surface area contributed by atoms with E-state index >= 15 is 0 Å². The molecule has 0 aromatic heterocycles. The summed E-state index contributed by atoms with van der Waals surface area (Å²) in [6.07, 6.45) is 1.43. The first kappa shape index (κ1) is 20.7. The highest BCUT2D eigenvalue weighted by Gasteiger charge is 2.33. The minimum atomic E-state index is -3.99. The van der Waals surface area contributed by atoms with E-state index in [1.807, 2.05) is 0 Å². The van der Waals surface area contributed by atoms with Crippen molar-refractivity contribution in [1.82, 2.24) is 0 Å². The van der Waals surface area contributed by atoms with Crippen molar-refractivity contribution in [2.24, 2.45) is 0 Å². The van der Waals surface area contributed by atoms with E-state index in [4.69, 9.17) is 4.84 Å². The minimum absolute atomic E-state index is 0.0541. The van der Waals surface area contributed by atoms with Gasteiger partial charge in [0.2, 0.25) is 0 Å². The number of hydrogen-bond donors (Lipinski definition) is 0. The maximum Gasteiger partial charge on any atom is 0.389 e. The van der Waals surface area contributed by atoms with E-state index in [1.54, 1.807) is 0 Å². The van der Waals surface area contributed by atoms with Crippen molar-refractivity contribution in [3.05, 3.63) is 0 Å². The van der Waals surface area contributed by atoms with Crippen LogP contribution in [-0.4, -0.2) is 37.1 Å². The molecular formula is C16H33F3NO+. The van der Waals surface area contributed by atoms with Crippen LogP contribution in [0.1, 0.15) is 72.1 Å². The van der Waals surface area contributed by atoms with Gasteiger partial charge in [0.1, 0.15) is 12.1 Å². The summed E-state index contributed by atoms with van der Waals surface area (Å²) in [5.74, 6) is 0. The highest BCUT2D eigenvalue weighted by Crippen LogP contribution is 2.23. The lowest BCUT2D eigenvalue weighted by Gasteiger charge is -2.39. The largest absolute Gasteiger partial charge is 0.389 e. The molecule has 0 saturated carbocycles. The highest BCUT2D eigenvalue weighted by atomic mass is 19.4. The summed E-state index contributed by atoms with van der Waals surface area (Å²) in [6.45, 7) is 7.17. The first-order valence-electron chi connectivity index (χ1n) is 8.01. The monoisotopic (exact) mass is 312 g/mol. The van der Waals surface area contributed by atoms with Crippen molar-refractivity contribution < 1.29 is 22.7 Å². The number of nitrogens with zero attached hydrogens (tertiary/aromatic N) is 1. The quantitative estimate of drug-likeness (QED) is 0.295. The van der Waals surface area contributed by atoms with E-state index in [0.29, 0.717) is 11.1 Å². The van der Waals surface area contributed by atoms with E-state index in [-0.39, 0.29) is 12.0 Å². The number of halogens is 3. The number of alkyl halides is 3. The first-order valence-corrected chi connectivity index (χ1v) is 8.01. The van der Waals surface area contributed by atoms with Crippen LogP contribution >= 0.6 is 0 Å². The van der Waals surface area contributed by atoms with E-state index in [1.165, 1.54) is 0 Å². The van der Waals surface area contributed by atoms with Crippen molar-refractivity contribution in [2.75, 3.05) is 20.7 Å². The van der Waals surface area contributed by atoms with E-state index in [2.05, 4.69) is 34.9 Å². The third-order valence-electron chi connectivity index (χ3n) is 4.13. The van der Waals surface area contributed by atoms with Crippen LogP contribution in [0.3, 0.4) is 0 Å². The molecule has 0 aliphatic rings. The molecule has 0 heterocycles. The Bertz CT molecular complexity index is 270. The SMILES string of the molecule is CC(C)(C)[N+](C)(C)OCCCCCCCCCC(F)(F)F. The third-order valence-corrected chi connectivity index (χ3v) is 4.13. The van der Waals surface area contributed by atoms with Crippen LogP contribution in [0, 0.1) is 0 Å². The normalized spacial score (nSPS) is 13.7. The zero-order chi connectivity index (χ0) is 16.6. The van der Waals surface area contributed by atoms with E-state index in [9.17, 15) is 13.2 Å². The van der Waals surface area contributed by atoms with Crippen LogP contribution in [0.25, 0.3) is 0 Å². The van der Waals surface area contributed by atoms with Gasteiger partial charge in [0.25, 0.3) is 0 Å². The molecule has 0 bridgehead atoms. The number of unbranched alkanes of at least 4 members (excludes halogenated alkanes) is 6. The zero-order valence-corrected chi connectivity index (χ0v) is 14.4. The van der Waals surface area contributed by atoms with Crippen molar-refractivity contribution in [2.45, 2.75) is 83.9 Å². The summed E-state index contributed by atoms with van der Waals surface area (Å²) in [5, 5.41) is 0. The molecule has 2 nitrogen and oxygen atoms in total. The predicted octanol–water partition coefficient (Wildman–Crippen LogP) is 5.48. The van der Waals surface area contributed by atoms with Crippen LogP contribution in [-0.2, 0) is 4.84 Å². The van der Waals surface area contributed by atoms with Gasteiger partial charge in [0, 0.05) is 6.42 Å². The molecule has 21 heavy (non-hydrogen) atoms. The average Bonchev–Trinajstić information content (AvgIpc) is 2.28. The highest BCUT2D eigenvalue weighted by molar-refractivity contribution is 4.56. The molecule has 0 atom stereocenters. The predicted molar refractivity (Wildman–Crippen MR) is 80.8 cm³/mol. The zero-order valence-electron chi connectivity index (χ0n) is 14.4. The molecule has 0 amide bonds. The molecule has 0 radical (unpaired) electrons. The van der Waals surface area contributed by atoms with Gasteiger partial charge in [0.15, 0.2) is 0 Å². The second-order valence-electron chi connectivity index (χ2n) is 7.19. The van der Waals surface area contributed by atoms with Gasteiger partial charge in [-0.25, -0.2) is 4.84 Å². The molecule has 0 aliphatic heterocycles. The molecule has 0 aliphatic carbocycles. The van der Waals surface area contributed by atoms with Gasteiger partial charge in [-0.3, -0.25) is 0 Å². The fraction of sp³-hybridized carbons (Fsp3) is 1.00. The number of hydrogen-bond acceptors (Lipinski definition) is 1. The van der Waals surface area contributed by atoms with Gasteiger partial charge in [-0.1, -0.05) is 32.1 Å². The lowest BCUT2D eigenvalue weighted by Crippen LogP contribution is -2.54. The first-order chi connectivity index (χ1) is 9.46. The molecule has 0 spiro atoms. The summed E-state index contributed by atoms with van der Waals surface area (Å²) < 4.78 is 36.3. The fourth-order valence-corrected chi connectivity index (χ4v) is 1.80. The van der Waals surface area contributed by atoms with Gasteiger partial charge in [-0.15, -0.1) is 0 Å². The molecule has 0 saturated heterocycles. The maximum absolute atomic E-state index is 11.9. The Kier molecular flexibility index (Phi) is 8.86. The molecule has 0 aromatic rings. The smallest absolute Gasteiger partial charge is 0.203 e. The molecule has 0 unspecified atom stereocenters. The minimum Gasteiger partial charge on any atom is -0.203 e. The van der Waals surface area contributed by atoms with Crippen LogP contribution in [0.2, 0.25) is 0 Å². The number of quaternary nitrogens is 1. The fourth-order valence-electron chi connectivity index (χ4n) is 1.80. The second kappa shape index (κ2) is 8.99. The van der Waals surface area contributed by atoms with Gasteiger partial charge in [0.05, 0.1) is 14.1 Å². The van der Waals surface area contributed by atoms with Gasteiger partial charge < -0.3 is 0 Å². The summed E-state index contributed by atoms with van der Waals surface area (Å²) in [5.41, 5.74) is 0.0541. The Morgan fingerprint density at radius 2 is 1.19 bits per heavy atom. The van der Waals surface area contributed by atoms with Crippen LogP contribution < -0.4 is 0 Å². The lowest BCUT2D eigenvalue weighted by molar-refractivity contribution is -1.11. The summed E-state index contributed by atoms with van der Waals surface area (Å²) in [4.78, 5) is 5.89. The Labute approximate surface area is 128 Å². The molecule has 128 valence electrons. The van der Waals surface area contributed by atoms with E-state index < -0.39 is 12.6 Å². The van der Waals surface area contributed by atoms with Crippen LogP contribution in [0.15, 0.2) is 0 Å². The summed E-state index contributed by atoms with van der Waals surface area (Å²) in [6, 6.07) is 0. The van der Waals surface area contributed by atoms with E-state index in [0.717, 1.165) is 38.7 Å². The molecule has 5 heteroatoms. The van der Waals surface area contributed by atoms with Crippen molar-refractivity contribution >= 4 is 0 Å². The van der Waals surface area contributed by atoms with Gasteiger partial charge in [-0.05, 0) is 33.6 Å². The van der Waals surface area contributed by atoms with Crippen molar-refractivity contribution in [1.29, 1.82) is 0 Å². The van der Waals surface area contributed by atoms with Gasteiger partial charge >= 0.3 is 6.18 Å². The third kappa shape index (κ3) is 11.0. The molecular weight excluding hydrogens is 279 g/mol. The molecule has 0 N–H and O–H groups in total. The number of hydroxylamine groups is 3. The summed E-state index contributed by atoms with van der Waals surface area (Å²) in [7, 11) is 4.11. The van der Waals surface area contributed by atoms with Crippen molar-refractivity contribution in [3.8, 4) is 0 Å². The number of rotatable bonds is 10. The maximum atomic E-state index is 11.9. The second-order valence-corrected chi connectivity index (χ2v) is 7.19. The van der Waals surface area contributed by atoms with Crippen LogP contribution in [0.4, 0.5) is 13.2 Å². The Morgan fingerprint density at radius 3 is 1.62 bits per heavy atom. The lowest BCUT2D eigenvalue weighted by atomic mass is 10.1. The van der Waals surface area contributed by atoms with Crippen molar-refractivity contribution in [3.63, 3.8) is 0 Å². The Balaban J connectivity index is 3.42. The Morgan fingerprint density at radius 1 is 0.762 bits per heavy atom. The summed E-state index contributed by atoms with van der Waals surface area (Å²) >= 11 is 0. The Hall–Kier alpha value is -0.290.